The Hall–Kier alpha value is -6.95. The van der Waals surface area contributed by atoms with Crippen LogP contribution in [0.1, 0.15) is 43.9 Å². The molecule has 0 aliphatic rings. The normalized spacial score (nSPS) is 19.6. The van der Waals surface area contributed by atoms with Crippen molar-refractivity contribution in [3.63, 3.8) is 0 Å². The highest BCUT2D eigenvalue weighted by Gasteiger charge is 2.23. The molecule has 0 N–H and O–H groups in total. The number of hydrogen-bond donors (Lipinski definition) is 0. The van der Waals surface area contributed by atoms with Gasteiger partial charge in [0.2, 0.25) is 0 Å². The molecule has 0 radical (unpaired) electrons. The van der Waals surface area contributed by atoms with E-state index in [0.29, 0.717) is 16.2 Å². The summed E-state index contributed by atoms with van der Waals surface area (Å²) < 4.78 is 286. The van der Waals surface area contributed by atoms with Gasteiger partial charge in [0.1, 0.15) is 0 Å². The molecule has 10 aromatic rings. The molecule has 8 aromatic carbocycles. The summed E-state index contributed by atoms with van der Waals surface area (Å²) in [6.07, 6.45) is 0. The Morgan fingerprint density at radius 2 is 0.907 bits per heavy atom. The van der Waals surface area contributed by atoms with Crippen molar-refractivity contribution >= 4 is 59.3 Å². The monoisotopic (exact) mass is 740 g/mol. The molecule has 0 fully saturated rings. The first kappa shape index (κ1) is 12.9. The molecule has 0 saturated heterocycles. The summed E-state index contributed by atoms with van der Waals surface area (Å²) in [6.45, 7) is 0. The number of fused-ring (bicyclic) bond motifs is 5. The fourth-order valence-electron chi connectivity index (χ4n) is 5.49. The Bertz CT molecular complexity index is 4580. The van der Waals surface area contributed by atoms with E-state index < -0.39 is 282 Å². The average molecular weight is 741 g/mol. The van der Waals surface area contributed by atoms with Gasteiger partial charge in [-0.3, -0.25) is 0 Å². The van der Waals surface area contributed by atoms with Crippen LogP contribution >= 0.6 is 11.3 Å². The van der Waals surface area contributed by atoms with Gasteiger partial charge < -0.3 is 4.90 Å². The molecule has 0 aliphatic carbocycles. The van der Waals surface area contributed by atoms with Crippen LogP contribution in [0.4, 0.5) is 17.1 Å². The van der Waals surface area contributed by atoms with Crippen molar-refractivity contribution in [1.82, 2.24) is 15.0 Å². The smallest absolute Gasteiger partial charge is 0.164 e. The van der Waals surface area contributed by atoms with Gasteiger partial charge in [-0.2, -0.15) is 0 Å². The second-order valence-corrected chi connectivity index (χ2v) is 11.8. The van der Waals surface area contributed by atoms with Gasteiger partial charge in [-0.1, -0.05) is 157 Å². The van der Waals surface area contributed by atoms with Crippen LogP contribution in [-0.2, 0) is 0 Å². The van der Waals surface area contributed by atoms with Crippen LogP contribution in [0.3, 0.4) is 0 Å². The molecule has 0 unspecified atom stereocenters. The third-order valence-electron chi connectivity index (χ3n) is 7.74. The second kappa shape index (κ2) is 13.6. The van der Waals surface area contributed by atoms with Crippen molar-refractivity contribution in [1.29, 1.82) is 0 Å². The van der Waals surface area contributed by atoms with Crippen molar-refractivity contribution in [3.8, 4) is 45.3 Å². The predicted octanol–water partition coefficient (Wildman–Crippen LogP) is 13.5. The Morgan fingerprint density at radius 3 is 1.56 bits per heavy atom. The van der Waals surface area contributed by atoms with Crippen molar-refractivity contribution in [2.75, 3.05) is 4.90 Å². The molecule has 0 atom stereocenters. The van der Waals surface area contributed by atoms with E-state index in [0.717, 1.165) is 0 Å². The number of rotatable bonds is 7. The summed E-state index contributed by atoms with van der Waals surface area (Å²) in [6, 6.07) is -32.7. The SMILES string of the molecule is [2H]c1c([2H])c([2H])c(-c2nc(-c3c([2H])c([2H])c([2H])c([2H])c3[2H])nc(-c3c([2H])c([2H])c([2H])c4c(N(c5c([2H])c([2H])c([2H])c([2H])c5[2H])c5c([2H])c([2H])c(-c6c([2H])c([2H])c([2H])c([2H])c6[2H])c([2H])c5[2H])c([2H])c5c(sc6c([2H])c([2H])c([2H])c([2H])c65)c34)n2)c([2H])c1[2H]. The maximum Gasteiger partial charge on any atom is 0.164 e. The second-order valence-electron chi connectivity index (χ2n) is 10.8. The molecule has 0 saturated carbocycles. The first-order valence-electron chi connectivity index (χ1n) is 31.4. The number of nitrogens with zero attached hydrogens (tertiary/aromatic N) is 4. The largest absolute Gasteiger partial charge is 0.310 e. The Labute approximate surface area is 362 Å². The molecule has 0 amide bonds. The van der Waals surface area contributed by atoms with Crippen molar-refractivity contribution in [2.45, 2.75) is 0 Å². The van der Waals surface area contributed by atoms with Crippen LogP contribution < -0.4 is 4.90 Å². The van der Waals surface area contributed by atoms with Gasteiger partial charge in [-0.15, -0.1) is 11.3 Å². The number of thiophene rings is 1. The van der Waals surface area contributed by atoms with Crippen LogP contribution in [-0.4, -0.2) is 15.0 Å². The summed E-state index contributed by atoms with van der Waals surface area (Å²) >= 11 is 0.483. The summed E-state index contributed by atoms with van der Waals surface area (Å²) in [7, 11) is 0. The third kappa shape index (κ3) is 5.68. The maximum absolute atomic E-state index is 10.3. The lowest BCUT2D eigenvalue weighted by atomic mass is 9.97. The summed E-state index contributed by atoms with van der Waals surface area (Å²) in [5, 5.41) is -2.63. The third-order valence-corrected chi connectivity index (χ3v) is 8.86. The number of anilines is 3. The van der Waals surface area contributed by atoms with E-state index in [4.69, 9.17) is 28.8 Å². The van der Waals surface area contributed by atoms with Crippen molar-refractivity contribution in [2.24, 2.45) is 0 Å². The number of aromatic nitrogens is 3. The maximum atomic E-state index is 10.3. The Morgan fingerprint density at radius 1 is 0.407 bits per heavy atom. The molecule has 2 aromatic heterocycles. The van der Waals surface area contributed by atoms with Crippen LogP contribution in [0.15, 0.2) is 193 Å². The first-order chi connectivity index (χ1) is 40.1. The number of para-hydroxylation sites is 1. The lowest BCUT2D eigenvalue weighted by molar-refractivity contribution is 1.08. The Balaban J connectivity index is 1.52. The van der Waals surface area contributed by atoms with Crippen LogP contribution in [0.5, 0.6) is 0 Å². The topological polar surface area (TPSA) is 41.9 Å². The lowest BCUT2D eigenvalue weighted by Gasteiger charge is -2.28. The van der Waals surface area contributed by atoms with Gasteiger partial charge in [0.25, 0.3) is 0 Å². The van der Waals surface area contributed by atoms with Gasteiger partial charge in [-0.05, 0) is 47.4 Å². The standard InChI is InChI=1S/C49H32N4S/c1-5-16-33(17-6-1)34-28-30-38(31-29-34)53(37-22-11-4-12-23-37)43-32-42-39-24-13-14-27-44(39)54-46(42)45-40(43)25-15-26-41(45)49-51-47(35-18-7-2-8-19-35)50-48(52-49)36-20-9-3-10-21-36/h1-32H/i1D,2D,3D,4D,5D,6D,7D,8D,9D,10D,11D,12D,13D,14D,15D,16D,17D,18D,19D,20D,21D,22D,23D,24D,25D,26D,27D,28D,29D,30D,31D,32D. The molecule has 2 heterocycles. The molecule has 254 valence electrons. The van der Waals surface area contributed by atoms with Gasteiger partial charge in [0, 0.05) is 59.0 Å². The van der Waals surface area contributed by atoms with Crippen molar-refractivity contribution in [3.05, 3.63) is 193 Å². The summed E-state index contributed by atoms with van der Waals surface area (Å²) in [5.74, 6) is -2.76. The highest BCUT2D eigenvalue weighted by atomic mass is 32.1. The van der Waals surface area contributed by atoms with Gasteiger partial charge in [0.05, 0.1) is 49.6 Å². The zero-order valence-electron chi connectivity index (χ0n) is 58.7. The minimum Gasteiger partial charge on any atom is -0.310 e. The van der Waals surface area contributed by atoms with Crippen LogP contribution in [0, 0.1) is 0 Å². The molecule has 0 bridgehead atoms. The molecule has 0 aliphatic heterocycles. The van der Waals surface area contributed by atoms with E-state index in [1.165, 1.54) is 0 Å². The quantitative estimate of drug-likeness (QED) is 0.163. The highest BCUT2D eigenvalue weighted by Crippen LogP contribution is 2.48. The number of benzene rings is 8. The lowest BCUT2D eigenvalue weighted by Crippen LogP contribution is -2.10. The minimum atomic E-state index is -1.27. The van der Waals surface area contributed by atoms with E-state index >= 15 is 0 Å². The fraction of sp³-hybridized carbons (Fsp3) is 0. The molecule has 54 heavy (non-hydrogen) atoms. The molecular formula is C49H32N4S. The first-order valence-corrected chi connectivity index (χ1v) is 16.2. The number of hydrogen-bond acceptors (Lipinski definition) is 5. The van der Waals surface area contributed by atoms with Gasteiger partial charge in [0.15, 0.2) is 17.5 Å². The molecule has 4 nitrogen and oxygen atoms in total. The van der Waals surface area contributed by atoms with Gasteiger partial charge >= 0.3 is 0 Å². The molecule has 0 spiro atoms. The summed E-state index contributed by atoms with van der Waals surface area (Å²) in [5.41, 5.74) is -7.50. The van der Waals surface area contributed by atoms with Gasteiger partial charge in [-0.25, -0.2) is 15.0 Å². The van der Waals surface area contributed by atoms with Crippen molar-refractivity contribution < 1.29 is 43.9 Å². The van der Waals surface area contributed by atoms with E-state index in [1.54, 1.807) is 0 Å². The van der Waals surface area contributed by atoms with Crippen LogP contribution in [0.25, 0.3) is 76.2 Å². The molecule has 10 rings (SSSR count). The average Bonchev–Trinajstić information content (AvgIpc) is 1.32. The predicted molar refractivity (Wildman–Crippen MR) is 227 cm³/mol. The van der Waals surface area contributed by atoms with E-state index in [2.05, 4.69) is 15.0 Å². The summed E-state index contributed by atoms with van der Waals surface area (Å²) in [4.78, 5) is 13.6. The van der Waals surface area contributed by atoms with Crippen LogP contribution in [0.2, 0.25) is 0 Å². The Kier molecular flexibility index (Phi) is 3.23. The zero-order valence-corrected chi connectivity index (χ0v) is 27.5. The minimum absolute atomic E-state index is 0.353. The zero-order chi connectivity index (χ0) is 63.7. The van der Waals surface area contributed by atoms with E-state index in [1.807, 2.05) is 0 Å². The van der Waals surface area contributed by atoms with E-state index in [9.17, 15) is 15.1 Å². The van der Waals surface area contributed by atoms with E-state index in [-0.39, 0.29) is 4.70 Å². The molecule has 5 heteroatoms. The molecular weight excluding hydrogens is 677 g/mol. The fourth-order valence-corrected chi connectivity index (χ4v) is 6.61. The highest BCUT2D eigenvalue weighted by molar-refractivity contribution is 7.26.